The van der Waals surface area contributed by atoms with Gasteiger partial charge in [0.1, 0.15) is 0 Å². The predicted octanol–water partition coefficient (Wildman–Crippen LogP) is 1.86. The number of rotatable bonds is 5. The molecule has 1 amide bonds. The van der Waals surface area contributed by atoms with E-state index in [1.165, 1.54) is 6.26 Å². The second kappa shape index (κ2) is 6.19. The number of pyridine rings is 1. The van der Waals surface area contributed by atoms with E-state index in [2.05, 4.69) is 25.7 Å². The number of nitrogens with zero attached hydrogens (tertiary/aromatic N) is 5. The Labute approximate surface area is 141 Å². The molecule has 0 fully saturated rings. The van der Waals surface area contributed by atoms with E-state index < -0.39 is 0 Å². The Kier molecular flexibility index (Phi) is 3.73. The Bertz CT molecular complexity index is 1020. The van der Waals surface area contributed by atoms with Crippen molar-refractivity contribution < 1.29 is 13.7 Å². The van der Waals surface area contributed by atoms with Gasteiger partial charge in [0, 0.05) is 18.2 Å². The molecule has 0 aliphatic heterocycles. The second-order valence-corrected chi connectivity index (χ2v) is 5.29. The van der Waals surface area contributed by atoms with Crippen molar-refractivity contribution in [3.63, 3.8) is 0 Å². The van der Waals surface area contributed by atoms with Crippen LogP contribution < -0.4 is 5.32 Å². The lowest BCUT2D eigenvalue weighted by Gasteiger charge is -2.02. The molecule has 0 spiro atoms. The molecule has 0 aromatic carbocycles. The summed E-state index contributed by atoms with van der Waals surface area (Å²) >= 11 is 0. The van der Waals surface area contributed by atoms with Gasteiger partial charge >= 0.3 is 0 Å². The maximum atomic E-state index is 11.9. The van der Waals surface area contributed by atoms with Gasteiger partial charge in [-0.05, 0) is 24.3 Å². The number of fused-ring (bicyclic) bond motifs is 1. The topological polar surface area (TPSA) is 111 Å². The summed E-state index contributed by atoms with van der Waals surface area (Å²) in [6, 6.07) is 6.89. The highest BCUT2D eigenvalue weighted by molar-refractivity contribution is 5.91. The highest BCUT2D eigenvalue weighted by atomic mass is 16.5. The minimum atomic E-state index is -0.309. The summed E-state index contributed by atoms with van der Waals surface area (Å²) in [5.74, 6) is 1.63. The number of furan rings is 1. The summed E-state index contributed by atoms with van der Waals surface area (Å²) in [6.45, 7) is 2.18. The van der Waals surface area contributed by atoms with E-state index in [4.69, 9.17) is 8.94 Å². The number of hydrogen-bond acceptors (Lipinski definition) is 7. The summed E-state index contributed by atoms with van der Waals surface area (Å²) in [7, 11) is 0. The summed E-state index contributed by atoms with van der Waals surface area (Å²) in [6.07, 6.45) is 3.95. The van der Waals surface area contributed by atoms with Crippen LogP contribution in [0.25, 0.3) is 17.1 Å². The monoisotopic (exact) mass is 338 g/mol. The molecule has 0 aliphatic rings. The molecule has 9 nitrogen and oxygen atoms in total. The van der Waals surface area contributed by atoms with Crippen LogP contribution in [-0.2, 0) is 13.0 Å². The van der Waals surface area contributed by atoms with E-state index in [-0.39, 0.29) is 18.2 Å². The van der Waals surface area contributed by atoms with Crippen molar-refractivity contribution in [3.8, 4) is 11.5 Å². The highest BCUT2D eigenvalue weighted by Crippen LogP contribution is 2.19. The highest BCUT2D eigenvalue weighted by Gasteiger charge is 2.13. The molecule has 1 N–H and O–H groups in total. The van der Waals surface area contributed by atoms with Crippen LogP contribution in [-0.4, -0.2) is 30.6 Å². The van der Waals surface area contributed by atoms with E-state index in [0.29, 0.717) is 29.6 Å². The minimum absolute atomic E-state index is 0.223. The third kappa shape index (κ3) is 2.87. The molecule has 0 atom stereocenters. The normalized spacial score (nSPS) is 11.1. The van der Waals surface area contributed by atoms with Gasteiger partial charge in [-0.2, -0.15) is 4.98 Å². The Morgan fingerprint density at radius 2 is 2.24 bits per heavy atom. The van der Waals surface area contributed by atoms with E-state index in [1.807, 2.05) is 13.0 Å². The largest absolute Gasteiger partial charge is 0.459 e. The Morgan fingerprint density at radius 1 is 1.32 bits per heavy atom. The van der Waals surface area contributed by atoms with Crippen LogP contribution in [0.5, 0.6) is 0 Å². The summed E-state index contributed by atoms with van der Waals surface area (Å²) in [4.78, 5) is 16.2. The molecule has 4 rings (SSSR count). The van der Waals surface area contributed by atoms with E-state index in [0.717, 1.165) is 5.56 Å². The van der Waals surface area contributed by atoms with Crippen molar-refractivity contribution in [3.05, 3.63) is 54.1 Å². The number of hydrogen-bond donors (Lipinski definition) is 1. The van der Waals surface area contributed by atoms with Gasteiger partial charge in [0.05, 0.1) is 12.8 Å². The van der Waals surface area contributed by atoms with E-state index >= 15 is 0 Å². The second-order valence-electron chi connectivity index (χ2n) is 5.29. The van der Waals surface area contributed by atoms with Crippen LogP contribution in [0.2, 0.25) is 0 Å². The fourth-order valence-corrected chi connectivity index (χ4v) is 2.36. The first-order chi connectivity index (χ1) is 12.2. The minimum Gasteiger partial charge on any atom is -0.459 e. The van der Waals surface area contributed by atoms with Crippen LogP contribution in [0.4, 0.5) is 0 Å². The molecule has 9 heteroatoms. The number of aromatic nitrogens is 5. The van der Waals surface area contributed by atoms with Gasteiger partial charge in [0.25, 0.3) is 11.8 Å². The zero-order valence-electron chi connectivity index (χ0n) is 13.3. The van der Waals surface area contributed by atoms with E-state index in [1.54, 1.807) is 28.8 Å². The van der Waals surface area contributed by atoms with Crippen molar-refractivity contribution >= 4 is 11.6 Å². The van der Waals surface area contributed by atoms with Crippen LogP contribution in [0, 0.1) is 0 Å². The van der Waals surface area contributed by atoms with Gasteiger partial charge in [0.15, 0.2) is 23.1 Å². The number of nitrogens with one attached hydrogen (secondary N) is 1. The Balaban J connectivity index is 1.54. The number of aryl methyl sites for hydroxylation is 1. The zero-order valence-corrected chi connectivity index (χ0v) is 13.3. The molecule has 0 unspecified atom stereocenters. The van der Waals surface area contributed by atoms with E-state index in [9.17, 15) is 4.79 Å². The third-order valence-electron chi connectivity index (χ3n) is 3.66. The first kappa shape index (κ1) is 15.1. The van der Waals surface area contributed by atoms with Gasteiger partial charge in [-0.1, -0.05) is 12.1 Å². The third-order valence-corrected chi connectivity index (χ3v) is 3.66. The molecule has 0 bridgehead atoms. The standard InChI is InChI=1S/C16H14N6O3/c1-2-12-18-16(25-21-12)10-5-6-22-13(8-10)19-20-14(22)9-17-15(23)11-4-3-7-24-11/h3-8H,2,9H2,1H3,(H,17,23). The fourth-order valence-electron chi connectivity index (χ4n) is 2.36. The lowest BCUT2D eigenvalue weighted by atomic mass is 10.2. The summed E-state index contributed by atoms with van der Waals surface area (Å²) in [5.41, 5.74) is 1.38. The molecule has 25 heavy (non-hydrogen) atoms. The molecular weight excluding hydrogens is 324 g/mol. The number of carbonyl (C=O) groups is 1. The summed E-state index contributed by atoms with van der Waals surface area (Å²) < 4.78 is 12.1. The quantitative estimate of drug-likeness (QED) is 0.591. The number of carbonyl (C=O) groups excluding carboxylic acids is 1. The molecule has 0 aliphatic carbocycles. The maximum Gasteiger partial charge on any atom is 0.287 e. The average molecular weight is 338 g/mol. The van der Waals surface area contributed by atoms with Crippen molar-refractivity contribution in [2.45, 2.75) is 19.9 Å². The zero-order chi connectivity index (χ0) is 17.2. The molecule has 4 aromatic rings. The van der Waals surface area contributed by atoms with Gasteiger partial charge in [0.2, 0.25) is 0 Å². The first-order valence-electron chi connectivity index (χ1n) is 7.73. The molecule has 126 valence electrons. The van der Waals surface area contributed by atoms with Crippen molar-refractivity contribution in [1.82, 2.24) is 30.1 Å². The molecule has 0 saturated carbocycles. The van der Waals surface area contributed by atoms with Crippen molar-refractivity contribution in [1.29, 1.82) is 0 Å². The average Bonchev–Trinajstić information content (AvgIpc) is 3.39. The van der Waals surface area contributed by atoms with Crippen LogP contribution in [0.3, 0.4) is 0 Å². The van der Waals surface area contributed by atoms with Crippen LogP contribution in [0.15, 0.2) is 45.7 Å². The summed E-state index contributed by atoms with van der Waals surface area (Å²) in [5, 5.41) is 14.9. The fraction of sp³-hybridized carbons (Fsp3) is 0.188. The van der Waals surface area contributed by atoms with Crippen molar-refractivity contribution in [2.24, 2.45) is 0 Å². The van der Waals surface area contributed by atoms with Gasteiger partial charge < -0.3 is 14.3 Å². The molecular formula is C16H14N6O3. The smallest absolute Gasteiger partial charge is 0.287 e. The van der Waals surface area contributed by atoms with Gasteiger partial charge in [-0.25, -0.2) is 0 Å². The van der Waals surface area contributed by atoms with Crippen LogP contribution in [0.1, 0.15) is 29.1 Å². The van der Waals surface area contributed by atoms with Crippen molar-refractivity contribution in [2.75, 3.05) is 0 Å². The SMILES string of the molecule is CCc1noc(-c2ccn3c(CNC(=O)c4ccco4)nnc3c2)n1. The van der Waals surface area contributed by atoms with Gasteiger partial charge in [-0.15, -0.1) is 10.2 Å². The van der Waals surface area contributed by atoms with Gasteiger partial charge in [-0.3, -0.25) is 9.20 Å². The lowest BCUT2D eigenvalue weighted by molar-refractivity contribution is 0.0922. The molecule has 0 saturated heterocycles. The lowest BCUT2D eigenvalue weighted by Crippen LogP contribution is -2.23. The molecule has 4 heterocycles. The predicted molar refractivity (Wildman–Crippen MR) is 85.5 cm³/mol. The maximum absolute atomic E-state index is 11.9. The first-order valence-corrected chi connectivity index (χ1v) is 7.73. The molecule has 4 aromatic heterocycles. The Hall–Kier alpha value is -3.49. The molecule has 0 radical (unpaired) electrons. The Morgan fingerprint density at radius 3 is 3.00 bits per heavy atom. The van der Waals surface area contributed by atoms with Crippen LogP contribution >= 0.6 is 0 Å². The number of amides is 1.